The second kappa shape index (κ2) is 8.10. The predicted molar refractivity (Wildman–Crippen MR) is 84.4 cm³/mol. The summed E-state index contributed by atoms with van der Waals surface area (Å²) in [5.74, 6) is 3.75. The fourth-order valence-corrected chi connectivity index (χ4v) is 2.08. The Labute approximate surface area is 122 Å². The Morgan fingerprint density at radius 3 is 2.40 bits per heavy atom. The van der Waals surface area contributed by atoms with Crippen LogP contribution in [0, 0.1) is 11.5 Å². The smallest absolute Gasteiger partial charge is 0.129 e. The van der Waals surface area contributed by atoms with Crippen LogP contribution in [0.25, 0.3) is 0 Å². The van der Waals surface area contributed by atoms with Gasteiger partial charge in [0.2, 0.25) is 0 Å². The van der Waals surface area contributed by atoms with E-state index in [2.05, 4.69) is 31.1 Å². The first-order valence-electron chi connectivity index (χ1n) is 6.82. The lowest BCUT2D eigenvalue weighted by atomic mass is 10.2. The largest absolute Gasteiger partial charge is 0.497 e. The van der Waals surface area contributed by atoms with Crippen LogP contribution in [0.3, 0.4) is 0 Å². The molecule has 0 bridgehead atoms. The Hall–Kier alpha value is -1.28. The molecule has 110 valence electrons. The van der Waals surface area contributed by atoms with Gasteiger partial charge in [0.15, 0.2) is 0 Å². The van der Waals surface area contributed by atoms with Crippen molar-refractivity contribution in [1.82, 2.24) is 0 Å². The molecule has 0 aliphatic carbocycles. The Morgan fingerprint density at radius 2 is 1.85 bits per heavy atom. The van der Waals surface area contributed by atoms with E-state index in [1.165, 1.54) is 0 Å². The average Bonchev–Trinajstić information content (AvgIpc) is 2.41. The van der Waals surface area contributed by atoms with Gasteiger partial charge in [0.25, 0.3) is 0 Å². The zero-order chi connectivity index (χ0) is 15.0. The zero-order valence-corrected chi connectivity index (χ0v) is 13.8. The van der Waals surface area contributed by atoms with Crippen LogP contribution in [-0.2, 0) is 11.3 Å². The molecule has 0 unspecified atom stereocenters. The summed E-state index contributed by atoms with van der Waals surface area (Å²) < 4.78 is 10.6. The number of hydrogen-bond acceptors (Lipinski definition) is 3. The molecule has 4 heteroatoms. The number of aliphatic hydroxyl groups is 1. The third-order valence-corrected chi connectivity index (χ3v) is 3.47. The van der Waals surface area contributed by atoms with E-state index in [0.717, 1.165) is 11.3 Å². The summed E-state index contributed by atoms with van der Waals surface area (Å²) in [7, 11) is 0.244. The molecule has 1 atom stereocenters. The van der Waals surface area contributed by atoms with Gasteiger partial charge in [-0.1, -0.05) is 37.7 Å². The van der Waals surface area contributed by atoms with Gasteiger partial charge in [0.05, 0.1) is 20.3 Å². The number of hydrogen-bond donors (Lipinski definition) is 1. The van der Waals surface area contributed by atoms with Crippen molar-refractivity contribution in [2.75, 3.05) is 13.7 Å². The molecule has 1 N–H and O–H groups in total. The number of benzene rings is 1. The van der Waals surface area contributed by atoms with E-state index >= 15 is 0 Å². The molecule has 0 saturated carbocycles. The van der Waals surface area contributed by atoms with Crippen LogP contribution in [0.1, 0.15) is 12.0 Å². The van der Waals surface area contributed by atoms with Gasteiger partial charge in [-0.15, -0.1) is 5.54 Å². The van der Waals surface area contributed by atoms with Crippen molar-refractivity contribution in [1.29, 1.82) is 0 Å². The molecule has 0 aromatic heterocycles. The highest BCUT2D eigenvalue weighted by atomic mass is 28.3. The monoisotopic (exact) mass is 292 g/mol. The van der Waals surface area contributed by atoms with Crippen molar-refractivity contribution >= 4 is 8.07 Å². The molecule has 1 aromatic carbocycles. The molecule has 0 radical (unpaired) electrons. The Morgan fingerprint density at radius 1 is 1.20 bits per heavy atom. The van der Waals surface area contributed by atoms with Crippen molar-refractivity contribution in [3.8, 4) is 17.2 Å². The molecule has 1 rings (SSSR count). The summed E-state index contributed by atoms with van der Waals surface area (Å²) in [6, 6.07) is 7.76. The lowest BCUT2D eigenvalue weighted by Gasteiger charge is -2.08. The van der Waals surface area contributed by atoms with Crippen molar-refractivity contribution < 1.29 is 14.6 Å². The number of rotatable bonds is 6. The van der Waals surface area contributed by atoms with Crippen molar-refractivity contribution in [3.05, 3.63) is 29.8 Å². The van der Waals surface area contributed by atoms with Crippen LogP contribution in [0.15, 0.2) is 24.3 Å². The van der Waals surface area contributed by atoms with E-state index in [1.54, 1.807) is 7.11 Å². The van der Waals surface area contributed by atoms with Crippen molar-refractivity contribution in [2.24, 2.45) is 0 Å². The van der Waals surface area contributed by atoms with Crippen LogP contribution < -0.4 is 4.74 Å². The van der Waals surface area contributed by atoms with Gasteiger partial charge in [0.1, 0.15) is 19.9 Å². The van der Waals surface area contributed by atoms with E-state index in [-0.39, 0.29) is 0 Å². The quantitative estimate of drug-likeness (QED) is 0.498. The highest BCUT2D eigenvalue weighted by Gasteiger charge is 2.08. The molecule has 0 spiro atoms. The molecular formula is C16H24O3Si. The Balaban J connectivity index is 2.25. The minimum atomic E-state index is -1.40. The summed E-state index contributed by atoms with van der Waals surface area (Å²) in [5.41, 5.74) is 4.25. The maximum Gasteiger partial charge on any atom is 0.129 e. The van der Waals surface area contributed by atoms with Gasteiger partial charge in [-0.05, 0) is 17.7 Å². The zero-order valence-electron chi connectivity index (χ0n) is 12.8. The molecule has 1 aromatic rings. The standard InChI is InChI=1S/C16H24O3Si/c1-18-16-7-5-14(6-8-16)13-19-11-9-15(17)10-12-20(2,3)4/h5-8,15,17H,9,11,13H2,1-4H3/t15-/m1/s1. The molecule has 0 amide bonds. The summed E-state index contributed by atoms with van der Waals surface area (Å²) in [4.78, 5) is 0. The summed E-state index contributed by atoms with van der Waals surface area (Å²) in [5, 5.41) is 9.73. The van der Waals surface area contributed by atoms with Crippen LogP contribution in [0.2, 0.25) is 19.6 Å². The molecule has 0 fully saturated rings. The van der Waals surface area contributed by atoms with E-state index in [4.69, 9.17) is 9.47 Å². The van der Waals surface area contributed by atoms with E-state index in [9.17, 15) is 5.11 Å². The Kier molecular flexibility index (Phi) is 6.80. The molecular weight excluding hydrogens is 268 g/mol. The summed E-state index contributed by atoms with van der Waals surface area (Å²) >= 11 is 0. The van der Waals surface area contributed by atoms with Crippen LogP contribution in [0.4, 0.5) is 0 Å². The van der Waals surface area contributed by atoms with Crippen LogP contribution >= 0.6 is 0 Å². The Bertz CT molecular complexity index is 451. The third-order valence-electron chi connectivity index (χ3n) is 2.58. The minimum absolute atomic E-state index is 0.508. The fraction of sp³-hybridized carbons (Fsp3) is 0.500. The lowest BCUT2D eigenvalue weighted by Crippen LogP contribution is -2.18. The second-order valence-electron chi connectivity index (χ2n) is 5.72. The van der Waals surface area contributed by atoms with Gasteiger partial charge < -0.3 is 14.6 Å². The highest BCUT2D eigenvalue weighted by molar-refractivity contribution is 6.83. The molecule has 20 heavy (non-hydrogen) atoms. The maximum atomic E-state index is 9.73. The molecule has 3 nitrogen and oxygen atoms in total. The van der Waals surface area contributed by atoms with Gasteiger partial charge in [-0.2, -0.15) is 0 Å². The van der Waals surface area contributed by atoms with E-state index < -0.39 is 14.2 Å². The van der Waals surface area contributed by atoms with Crippen LogP contribution in [-0.4, -0.2) is 33.0 Å². The first-order chi connectivity index (χ1) is 9.40. The topological polar surface area (TPSA) is 38.7 Å². The number of methoxy groups -OCH3 is 1. The van der Waals surface area contributed by atoms with Gasteiger partial charge >= 0.3 is 0 Å². The highest BCUT2D eigenvalue weighted by Crippen LogP contribution is 2.12. The number of aliphatic hydroxyl groups excluding tert-OH is 1. The SMILES string of the molecule is COc1ccc(COCC[C@@H](O)C#C[Si](C)(C)C)cc1. The minimum Gasteiger partial charge on any atom is -0.497 e. The van der Waals surface area contributed by atoms with E-state index in [0.29, 0.717) is 19.6 Å². The van der Waals surface area contributed by atoms with Gasteiger partial charge in [-0.25, -0.2) is 0 Å². The third kappa shape index (κ3) is 7.34. The summed E-state index contributed by atoms with van der Waals surface area (Å²) in [6.45, 7) is 7.53. The molecule has 0 heterocycles. The average molecular weight is 292 g/mol. The number of ether oxygens (including phenoxy) is 2. The van der Waals surface area contributed by atoms with Gasteiger partial charge in [-0.3, -0.25) is 0 Å². The van der Waals surface area contributed by atoms with Crippen molar-refractivity contribution in [3.63, 3.8) is 0 Å². The molecule has 0 aliphatic rings. The van der Waals surface area contributed by atoms with Crippen molar-refractivity contribution in [2.45, 2.75) is 38.8 Å². The molecule has 0 aliphatic heterocycles. The van der Waals surface area contributed by atoms with E-state index in [1.807, 2.05) is 24.3 Å². The first kappa shape index (κ1) is 16.8. The lowest BCUT2D eigenvalue weighted by molar-refractivity contribution is 0.0907. The van der Waals surface area contributed by atoms with Crippen LogP contribution in [0.5, 0.6) is 5.75 Å². The predicted octanol–water partition coefficient (Wildman–Crippen LogP) is 2.84. The molecule has 0 saturated heterocycles. The van der Waals surface area contributed by atoms with Gasteiger partial charge in [0, 0.05) is 6.42 Å². The fourth-order valence-electron chi connectivity index (χ4n) is 1.48. The maximum absolute atomic E-state index is 9.73. The normalized spacial score (nSPS) is 12.4. The first-order valence-corrected chi connectivity index (χ1v) is 10.3. The summed E-state index contributed by atoms with van der Waals surface area (Å²) in [6.07, 6.45) is -0.0363. The second-order valence-corrected chi connectivity index (χ2v) is 10.5.